The van der Waals surface area contributed by atoms with Gasteiger partial charge < -0.3 is 4.74 Å². The Morgan fingerprint density at radius 1 is 1.58 bits per heavy atom. The number of halogens is 3. The molecule has 0 aliphatic heterocycles. The van der Waals surface area contributed by atoms with E-state index >= 15 is 0 Å². The fourth-order valence-electron chi connectivity index (χ4n) is 2.72. The van der Waals surface area contributed by atoms with E-state index in [1.165, 1.54) is 6.20 Å². The second-order valence-corrected chi connectivity index (χ2v) is 6.54. The zero-order valence-corrected chi connectivity index (χ0v) is 13.2. The maximum atomic E-state index is 12.9. The van der Waals surface area contributed by atoms with E-state index in [0.29, 0.717) is 5.75 Å². The zero-order chi connectivity index (χ0) is 17.5. The van der Waals surface area contributed by atoms with Crippen molar-refractivity contribution >= 4 is 17.4 Å². The fourth-order valence-corrected chi connectivity index (χ4v) is 3.66. The number of H-pyrrole nitrogens is 1. The van der Waals surface area contributed by atoms with Crippen molar-refractivity contribution in [2.45, 2.75) is 29.8 Å². The number of ether oxygens (including phenoxy) is 1. The summed E-state index contributed by atoms with van der Waals surface area (Å²) in [4.78, 5) is 18.5. The third kappa shape index (κ3) is 2.65. The van der Waals surface area contributed by atoms with Crippen LogP contribution in [-0.4, -0.2) is 44.2 Å². The summed E-state index contributed by atoms with van der Waals surface area (Å²) >= 11 is 1.14. The van der Waals surface area contributed by atoms with Crippen LogP contribution in [0.5, 0.6) is 0 Å². The lowest BCUT2D eigenvalue weighted by Crippen LogP contribution is -2.57. The van der Waals surface area contributed by atoms with Crippen LogP contribution in [0, 0.1) is 17.2 Å². The number of aromatic amines is 1. The molecule has 0 amide bonds. The summed E-state index contributed by atoms with van der Waals surface area (Å²) in [6.07, 6.45) is -3.41. The van der Waals surface area contributed by atoms with Crippen molar-refractivity contribution in [2.24, 2.45) is 5.92 Å². The molecule has 0 radical (unpaired) electrons. The van der Waals surface area contributed by atoms with Crippen LogP contribution >= 0.6 is 11.8 Å². The van der Waals surface area contributed by atoms with Crippen LogP contribution < -0.4 is 5.69 Å². The molecule has 0 atom stereocenters. The molecule has 2 aromatic rings. The molecule has 0 saturated heterocycles. The van der Waals surface area contributed by atoms with Gasteiger partial charge in [0.2, 0.25) is 0 Å². The molecule has 1 aliphatic rings. The predicted molar refractivity (Wildman–Crippen MR) is 77.6 cm³/mol. The normalized spacial score (nSPS) is 23.9. The number of rotatable bonds is 4. The first kappa shape index (κ1) is 16.8. The first-order valence-electron chi connectivity index (χ1n) is 6.92. The number of hydrogen-bond donors (Lipinski definition) is 1. The van der Waals surface area contributed by atoms with Gasteiger partial charge in [0.25, 0.3) is 0 Å². The van der Waals surface area contributed by atoms with Gasteiger partial charge in [0.05, 0.1) is 6.20 Å². The highest BCUT2D eigenvalue weighted by atomic mass is 32.2. The molecular weight excluding hydrogens is 347 g/mol. The van der Waals surface area contributed by atoms with E-state index in [2.05, 4.69) is 19.8 Å². The third-order valence-corrected chi connectivity index (χ3v) is 5.18. The maximum absolute atomic E-state index is 12.9. The number of thioether (sulfide) groups is 1. The summed E-state index contributed by atoms with van der Waals surface area (Å²) in [7, 11) is 1.06. The number of nitrogens with zero attached hydrogens (tertiary/aromatic N) is 4. The lowest BCUT2D eigenvalue weighted by Gasteiger charge is -2.47. The van der Waals surface area contributed by atoms with Gasteiger partial charge in [-0.05, 0) is 18.8 Å². The number of hydrogen-bond acceptors (Lipinski definition) is 6. The average Bonchev–Trinajstić information content (AvgIpc) is 2.88. The number of nitriles is 1. The summed E-state index contributed by atoms with van der Waals surface area (Å²) < 4.78 is 44.4. The minimum absolute atomic E-state index is 0.122. The minimum Gasteiger partial charge on any atom is -0.369 e. The van der Waals surface area contributed by atoms with Crippen molar-refractivity contribution in [2.75, 3.05) is 12.9 Å². The van der Waals surface area contributed by atoms with Gasteiger partial charge in [0.1, 0.15) is 11.6 Å². The largest absolute Gasteiger partial charge is 0.417 e. The summed E-state index contributed by atoms with van der Waals surface area (Å²) in [5, 5.41) is 12.9. The standard InChI is InChI=1S/C13H12F3N5O2S/c1-23-12(13(14,15)16)2-7(3-12)6-24-10-19-9-8(4-17)5-18-21(9)11(22)20-10/h5,7H,2-3,6H2,1H3,(H,19,20,22). The number of methoxy groups -OCH3 is 1. The van der Waals surface area contributed by atoms with Gasteiger partial charge in [-0.1, -0.05) is 11.8 Å². The first-order valence-corrected chi connectivity index (χ1v) is 7.91. The monoisotopic (exact) mass is 359 g/mol. The molecule has 11 heteroatoms. The van der Waals surface area contributed by atoms with Crippen molar-refractivity contribution in [1.82, 2.24) is 19.6 Å². The molecule has 24 heavy (non-hydrogen) atoms. The lowest BCUT2D eigenvalue weighted by atomic mass is 9.71. The Labute approximate surface area is 137 Å². The highest BCUT2D eigenvalue weighted by Crippen LogP contribution is 2.51. The quantitative estimate of drug-likeness (QED) is 0.836. The van der Waals surface area contributed by atoms with E-state index in [1.54, 1.807) is 0 Å². The molecule has 2 heterocycles. The maximum Gasteiger partial charge on any atom is 0.417 e. The topological polar surface area (TPSA) is 96.1 Å². The van der Waals surface area contributed by atoms with Crippen LogP contribution in [0.15, 0.2) is 16.1 Å². The Bertz CT molecular complexity index is 863. The van der Waals surface area contributed by atoms with Crippen molar-refractivity contribution in [1.29, 1.82) is 5.26 Å². The first-order chi connectivity index (χ1) is 11.3. The van der Waals surface area contributed by atoms with Crippen molar-refractivity contribution in [3.63, 3.8) is 0 Å². The van der Waals surface area contributed by atoms with E-state index in [9.17, 15) is 18.0 Å². The Kier molecular flexibility index (Phi) is 4.05. The van der Waals surface area contributed by atoms with Crippen molar-refractivity contribution in [3.8, 4) is 6.07 Å². The molecule has 7 nitrogen and oxygen atoms in total. The predicted octanol–water partition coefficient (Wildman–Crippen LogP) is 1.74. The SMILES string of the molecule is COC1(C(F)(F)F)CC(CSc2nc3c(C#N)cnn3c(=O)[nH]2)C1. The van der Waals surface area contributed by atoms with E-state index in [0.717, 1.165) is 23.4 Å². The molecule has 0 bridgehead atoms. The highest BCUT2D eigenvalue weighted by Gasteiger charge is 2.62. The third-order valence-electron chi connectivity index (χ3n) is 4.08. The molecule has 0 unspecified atom stereocenters. The minimum atomic E-state index is -4.40. The van der Waals surface area contributed by atoms with Gasteiger partial charge >= 0.3 is 11.9 Å². The second kappa shape index (κ2) is 5.78. The average molecular weight is 359 g/mol. The number of aromatic nitrogens is 4. The molecular formula is C13H12F3N5O2S. The summed E-state index contributed by atoms with van der Waals surface area (Å²) in [6.45, 7) is 0. The van der Waals surface area contributed by atoms with Gasteiger partial charge in [0.15, 0.2) is 16.4 Å². The summed E-state index contributed by atoms with van der Waals surface area (Å²) in [5.74, 6) is 0.162. The van der Waals surface area contributed by atoms with E-state index in [1.807, 2.05) is 6.07 Å². The molecule has 1 saturated carbocycles. The van der Waals surface area contributed by atoms with Crippen LogP contribution in [0.25, 0.3) is 5.65 Å². The van der Waals surface area contributed by atoms with E-state index in [4.69, 9.17) is 5.26 Å². The van der Waals surface area contributed by atoms with Crippen molar-refractivity contribution < 1.29 is 17.9 Å². The molecule has 1 fully saturated rings. The smallest absolute Gasteiger partial charge is 0.369 e. The van der Waals surface area contributed by atoms with Gasteiger partial charge in [-0.3, -0.25) is 4.98 Å². The molecule has 0 aromatic carbocycles. The molecule has 2 aromatic heterocycles. The fraction of sp³-hybridized carbons (Fsp3) is 0.538. The van der Waals surface area contributed by atoms with Crippen molar-refractivity contribution in [3.05, 3.63) is 22.2 Å². The van der Waals surface area contributed by atoms with Crippen LogP contribution in [0.4, 0.5) is 13.2 Å². The van der Waals surface area contributed by atoms with Gasteiger partial charge in [-0.15, -0.1) is 0 Å². The van der Waals surface area contributed by atoms with Crippen LogP contribution in [0.2, 0.25) is 0 Å². The molecule has 128 valence electrons. The van der Waals surface area contributed by atoms with E-state index < -0.39 is 17.5 Å². The Morgan fingerprint density at radius 3 is 2.88 bits per heavy atom. The number of nitrogens with one attached hydrogen (secondary N) is 1. The Morgan fingerprint density at radius 2 is 2.29 bits per heavy atom. The highest BCUT2D eigenvalue weighted by molar-refractivity contribution is 7.99. The van der Waals surface area contributed by atoms with Gasteiger partial charge in [0, 0.05) is 12.9 Å². The Balaban J connectivity index is 1.70. The Hall–Kier alpha value is -2.06. The van der Waals surface area contributed by atoms with Gasteiger partial charge in [-0.2, -0.15) is 28.0 Å². The summed E-state index contributed by atoms with van der Waals surface area (Å²) in [5.41, 5.74) is -2.34. The lowest BCUT2D eigenvalue weighted by molar-refractivity contribution is -0.306. The van der Waals surface area contributed by atoms with Crippen LogP contribution in [0.3, 0.4) is 0 Å². The van der Waals surface area contributed by atoms with Crippen LogP contribution in [-0.2, 0) is 4.74 Å². The molecule has 0 spiro atoms. The molecule has 3 rings (SSSR count). The number of alkyl halides is 3. The molecule has 1 aliphatic carbocycles. The van der Waals surface area contributed by atoms with E-state index in [-0.39, 0.29) is 35.1 Å². The second-order valence-electron chi connectivity index (χ2n) is 5.53. The number of fused-ring (bicyclic) bond motifs is 1. The zero-order valence-electron chi connectivity index (χ0n) is 12.4. The van der Waals surface area contributed by atoms with Crippen LogP contribution in [0.1, 0.15) is 18.4 Å². The van der Waals surface area contributed by atoms with Gasteiger partial charge in [-0.25, -0.2) is 9.78 Å². The summed E-state index contributed by atoms with van der Waals surface area (Å²) in [6, 6.07) is 1.88. The molecule has 1 N–H and O–H groups in total.